The van der Waals surface area contributed by atoms with Gasteiger partial charge in [0.1, 0.15) is 0 Å². The van der Waals surface area contributed by atoms with E-state index in [0.717, 1.165) is 18.4 Å². The molecule has 0 atom stereocenters. The molecule has 0 radical (unpaired) electrons. The van der Waals surface area contributed by atoms with Crippen molar-refractivity contribution in [2.24, 2.45) is 0 Å². The highest BCUT2D eigenvalue weighted by atomic mass is 19.4. The number of unbranched alkanes of at least 4 members (excludes halogenated alkanes) is 1. The first-order valence-electron chi connectivity index (χ1n) is 6.56. The van der Waals surface area contributed by atoms with Gasteiger partial charge in [0, 0.05) is 18.0 Å². The molecule has 2 nitrogen and oxygen atoms in total. The zero-order chi connectivity index (χ0) is 14.9. The van der Waals surface area contributed by atoms with Gasteiger partial charge in [-0.1, -0.05) is 25.0 Å². The van der Waals surface area contributed by atoms with Gasteiger partial charge in [-0.3, -0.25) is 4.79 Å². The first-order chi connectivity index (χ1) is 9.34. The minimum atomic E-state index is -4.52. The summed E-state index contributed by atoms with van der Waals surface area (Å²) in [6, 6.07) is 5.51. The molecule has 1 aromatic carbocycles. The fraction of sp³-hybridized carbons (Fsp3) is 0.400. The second-order valence-electron chi connectivity index (χ2n) is 4.92. The Bertz CT molecular complexity index is 686. The third-order valence-electron chi connectivity index (χ3n) is 3.31. The zero-order valence-electron chi connectivity index (χ0n) is 11.4. The van der Waals surface area contributed by atoms with Crippen LogP contribution >= 0.6 is 0 Å². The number of benzene rings is 1. The topological polar surface area (TPSA) is 22.0 Å². The second kappa shape index (κ2) is 5.31. The van der Waals surface area contributed by atoms with Crippen LogP contribution in [0.15, 0.2) is 29.1 Å². The molecule has 5 heteroatoms. The van der Waals surface area contributed by atoms with Gasteiger partial charge in [0.15, 0.2) is 0 Å². The van der Waals surface area contributed by atoms with Gasteiger partial charge in [-0.2, -0.15) is 13.2 Å². The number of alkyl halides is 3. The van der Waals surface area contributed by atoms with Gasteiger partial charge in [-0.15, -0.1) is 0 Å². The molecule has 0 unspecified atom stereocenters. The Morgan fingerprint density at radius 2 is 1.90 bits per heavy atom. The molecule has 0 aliphatic carbocycles. The van der Waals surface area contributed by atoms with Gasteiger partial charge >= 0.3 is 6.18 Å². The van der Waals surface area contributed by atoms with Crippen molar-refractivity contribution in [1.82, 2.24) is 4.57 Å². The van der Waals surface area contributed by atoms with E-state index in [2.05, 4.69) is 0 Å². The zero-order valence-corrected chi connectivity index (χ0v) is 11.4. The van der Waals surface area contributed by atoms with Crippen LogP contribution in [-0.2, 0) is 12.7 Å². The van der Waals surface area contributed by atoms with E-state index >= 15 is 0 Å². The maximum atomic E-state index is 13.1. The Kier molecular flexibility index (Phi) is 3.88. The molecule has 2 rings (SSSR count). The first-order valence-corrected chi connectivity index (χ1v) is 6.56. The summed E-state index contributed by atoms with van der Waals surface area (Å²) in [5.41, 5.74) is -0.358. The van der Waals surface area contributed by atoms with Crippen LogP contribution in [0.1, 0.15) is 30.9 Å². The van der Waals surface area contributed by atoms with E-state index in [9.17, 15) is 18.0 Å². The summed E-state index contributed by atoms with van der Waals surface area (Å²) in [5.74, 6) is 0. The van der Waals surface area contributed by atoms with E-state index in [1.807, 2.05) is 6.92 Å². The van der Waals surface area contributed by atoms with E-state index in [4.69, 9.17) is 0 Å². The van der Waals surface area contributed by atoms with Crippen molar-refractivity contribution in [2.45, 2.75) is 39.4 Å². The lowest BCUT2D eigenvalue weighted by molar-refractivity contribution is -0.136. The molecule has 1 aromatic heterocycles. The third-order valence-corrected chi connectivity index (χ3v) is 3.31. The Morgan fingerprint density at radius 1 is 1.20 bits per heavy atom. The fourth-order valence-electron chi connectivity index (χ4n) is 2.28. The normalized spacial score (nSPS) is 12.1. The molecule has 0 amide bonds. The molecular formula is C15H16F3NO. The second-order valence-corrected chi connectivity index (χ2v) is 4.92. The maximum absolute atomic E-state index is 13.1. The van der Waals surface area contributed by atoms with Crippen LogP contribution < -0.4 is 5.56 Å². The average Bonchev–Trinajstić information content (AvgIpc) is 2.36. The lowest BCUT2D eigenvalue weighted by atomic mass is 10.1. The van der Waals surface area contributed by atoms with E-state index in [0.29, 0.717) is 18.1 Å². The number of fused-ring (bicyclic) bond motifs is 1. The van der Waals surface area contributed by atoms with Gasteiger partial charge in [-0.25, -0.2) is 0 Å². The van der Waals surface area contributed by atoms with Gasteiger partial charge in [-0.05, 0) is 25.5 Å². The van der Waals surface area contributed by atoms with Crippen LogP contribution in [-0.4, -0.2) is 4.57 Å². The van der Waals surface area contributed by atoms with Crippen molar-refractivity contribution in [3.63, 3.8) is 0 Å². The van der Waals surface area contributed by atoms with Crippen LogP contribution in [0, 0.1) is 6.92 Å². The molecule has 0 aliphatic rings. The molecule has 1 heterocycles. The minimum Gasteiger partial charge on any atom is -0.308 e. The molecule has 0 N–H and O–H groups in total. The van der Waals surface area contributed by atoms with Crippen molar-refractivity contribution in [3.8, 4) is 0 Å². The van der Waals surface area contributed by atoms with Crippen molar-refractivity contribution in [3.05, 3.63) is 45.7 Å². The Balaban J connectivity index is 2.79. The van der Waals surface area contributed by atoms with Gasteiger partial charge in [0.2, 0.25) is 0 Å². The highest BCUT2D eigenvalue weighted by Gasteiger charge is 2.33. The van der Waals surface area contributed by atoms with Crippen molar-refractivity contribution in [1.29, 1.82) is 0 Å². The average molecular weight is 283 g/mol. The number of aromatic nitrogens is 1. The Morgan fingerprint density at radius 3 is 2.50 bits per heavy atom. The van der Waals surface area contributed by atoms with E-state index in [1.165, 1.54) is 10.6 Å². The van der Waals surface area contributed by atoms with Gasteiger partial charge in [0.05, 0.1) is 11.1 Å². The highest BCUT2D eigenvalue weighted by Crippen LogP contribution is 2.34. The summed E-state index contributed by atoms with van der Waals surface area (Å²) in [4.78, 5) is 12.0. The number of rotatable bonds is 3. The maximum Gasteiger partial charge on any atom is 0.417 e. The van der Waals surface area contributed by atoms with Crippen LogP contribution in [0.2, 0.25) is 0 Å². The summed E-state index contributed by atoms with van der Waals surface area (Å²) in [7, 11) is 0. The van der Waals surface area contributed by atoms with E-state index in [1.54, 1.807) is 19.1 Å². The standard InChI is InChI=1S/C15H16F3NO/c1-3-4-7-19-13-6-5-10(2)8-11(13)12(9-14(19)20)15(16,17)18/h5-6,8-9H,3-4,7H2,1-2H3. The lowest BCUT2D eigenvalue weighted by Crippen LogP contribution is -2.23. The van der Waals surface area contributed by atoms with Crippen molar-refractivity contribution < 1.29 is 13.2 Å². The quantitative estimate of drug-likeness (QED) is 0.830. The predicted octanol–water partition coefficient (Wildman–Crippen LogP) is 4.13. The van der Waals surface area contributed by atoms with Gasteiger partial charge in [0.25, 0.3) is 5.56 Å². The Hall–Kier alpha value is -1.78. The van der Waals surface area contributed by atoms with Gasteiger partial charge < -0.3 is 4.57 Å². The molecule has 108 valence electrons. The number of hydrogen-bond acceptors (Lipinski definition) is 1. The molecule has 0 saturated carbocycles. The summed E-state index contributed by atoms with van der Waals surface area (Å²) >= 11 is 0. The molecule has 0 aliphatic heterocycles. The fourth-order valence-corrected chi connectivity index (χ4v) is 2.28. The molecule has 0 spiro atoms. The number of pyridine rings is 1. The number of nitrogens with zero attached hydrogens (tertiary/aromatic N) is 1. The summed E-state index contributed by atoms with van der Waals surface area (Å²) < 4.78 is 40.6. The van der Waals surface area contributed by atoms with Crippen LogP contribution in [0.3, 0.4) is 0 Å². The third kappa shape index (κ3) is 2.71. The summed E-state index contributed by atoms with van der Waals surface area (Å²) in [6.07, 6.45) is -2.88. The predicted molar refractivity (Wildman–Crippen MR) is 72.9 cm³/mol. The largest absolute Gasteiger partial charge is 0.417 e. The molecule has 0 bridgehead atoms. The molecule has 2 aromatic rings. The molecular weight excluding hydrogens is 267 g/mol. The first kappa shape index (κ1) is 14.6. The van der Waals surface area contributed by atoms with Crippen molar-refractivity contribution >= 4 is 10.9 Å². The highest BCUT2D eigenvalue weighted by molar-refractivity contribution is 5.83. The van der Waals surface area contributed by atoms with E-state index in [-0.39, 0.29) is 5.39 Å². The minimum absolute atomic E-state index is 0.0909. The summed E-state index contributed by atoms with van der Waals surface area (Å²) in [5, 5.41) is 0.0909. The van der Waals surface area contributed by atoms with E-state index < -0.39 is 17.3 Å². The molecule has 0 fully saturated rings. The molecule has 0 saturated heterocycles. The molecule has 20 heavy (non-hydrogen) atoms. The summed E-state index contributed by atoms with van der Waals surface area (Å²) in [6.45, 7) is 4.15. The number of halogens is 3. The van der Waals surface area contributed by atoms with Crippen LogP contribution in [0.5, 0.6) is 0 Å². The number of hydrogen-bond donors (Lipinski definition) is 0. The lowest BCUT2D eigenvalue weighted by Gasteiger charge is -2.15. The number of aryl methyl sites for hydroxylation is 2. The van der Waals surface area contributed by atoms with Crippen LogP contribution in [0.4, 0.5) is 13.2 Å². The SMILES string of the molecule is CCCCn1c(=O)cc(C(F)(F)F)c2cc(C)ccc21. The smallest absolute Gasteiger partial charge is 0.308 e. The Labute approximate surface area is 114 Å². The van der Waals surface area contributed by atoms with Crippen molar-refractivity contribution in [2.75, 3.05) is 0 Å². The monoisotopic (exact) mass is 283 g/mol. The van der Waals surface area contributed by atoms with Crippen LogP contribution in [0.25, 0.3) is 10.9 Å².